The molecule has 0 fully saturated rings. The number of nitrogens with zero attached hydrogens (tertiary/aromatic N) is 1. The first-order chi connectivity index (χ1) is 13.5. The van der Waals surface area contributed by atoms with Crippen LogP contribution in [-0.2, 0) is 21.0 Å². The topological polar surface area (TPSA) is 89.0 Å². The molecule has 0 saturated heterocycles. The van der Waals surface area contributed by atoms with E-state index in [-0.39, 0.29) is 24.5 Å². The second-order valence-corrected chi connectivity index (χ2v) is 8.00. The van der Waals surface area contributed by atoms with Gasteiger partial charge in [-0.3, -0.25) is 4.79 Å². The average Bonchev–Trinajstić information content (AvgIpc) is 3.16. The second kappa shape index (κ2) is 11.6. The van der Waals surface area contributed by atoms with Gasteiger partial charge in [0.2, 0.25) is 5.91 Å². The van der Waals surface area contributed by atoms with Crippen molar-refractivity contribution in [3.05, 3.63) is 35.9 Å². The zero-order valence-corrected chi connectivity index (χ0v) is 17.5. The predicted molar refractivity (Wildman–Crippen MR) is 111 cm³/mol. The smallest absolute Gasteiger partial charge is 0.408 e. The summed E-state index contributed by atoms with van der Waals surface area (Å²) in [6.45, 7) is 6.47. The fraction of sp³-hybridized carbons (Fsp3) is 0.550. The van der Waals surface area contributed by atoms with Crippen LogP contribution in [0.5, 0.6) is 0 Å². The monoisotopic (exact) mass is 407 g/mol. The van der Waals surface area contributed by atoms with Gasteiger partial charge in [0.05, 0.1) is 6.54 Å². The highest BCUT2D eigenvalue weighted by molar-refractivity contribution is 8.13. The van der Waals surface area contributed by atoms with Crippen LogP contribution >= 0.6 is 11.8 Å². The van der Waals surface area contributed by atoms with E-state index in [1.54, 1.807) is 11.8 Å². The third-order valence-corrected chi connectivity index (χ3v) is 5.37. The summed E-state index contributed by atoms with van der Waals surface area (Å²) >= 11 is 1.64. The van der Waals surface area contributed by atoms with Gasteiger partial charge in [-0.05, 0) is 17.2 Å². The van der Waals surface area contributed by atoms with Gasteiger partial charge in [0.1, 0.15) is 17.7 Å². The van der Waals surface area contributed by atoms with Gasteiger partial charge in [-0.1, -0.05) is 62.7 Å². The fourth-order valence-electron chi connectivity index (χ4n) is 2.68. The maximum absolute atomic E-state index is 12.6. The SMILES string of the molecule is CCSC1=NOC(CNC(=O)[C@@H](NC(=O)OCc2ccccc2)[C@@H](C)CC)C1. The van der Waals surface area contributed by atoms with Gasteiger partial charge in [-0.25, -0.2) is 4.79 Å². The molecule has 0 saturated carbocycles. The number of carbonyl (C=O) groups is 2. The fourth-order valence-corrected chi connectivity index (χ4v) is 3.41. The van der Waals surface area contributed by atoms with Crippen LogP contribution in [0.15, 0.2) is 35.5 Å². The number of ether oxygens (including phenoxy) is 1. The summed E-state index contributed by atoms with van der Waals surface area (Å²) in [7, 11) is 0. The Morgan fingerprint density at radius 1 is 1.32 bits per heavy atom. The highest BCUT2D eigenvalue weighted by atomic mass is 32.2. The van der Waals surface area contributed by atoms with Crippen LogP contribution in [0.1, 0.15) is 39.2 Å². The van der Waals surface area contributed by atoms with E-state index in [1.165, 1.54) is 0 Å². The molecule has 1 aromatic carbocycles. The van der Waals surface area contributed by atoms with Gasteiger partial charge in [-0.15, -0.1) is 11.8 Å². The van der Waals surface area contributed by atoms with Crippen molar-refractivity contribution in [2.45, 2.75) is 52.4 Å². The number of benzene rings is 1. The number of amides is 2. The van der Waals surface area contributed by atoms with Crippen molar-refractivity contribution >= 4 is 28.8 Å². The summed E-state index contributed by atoms with van der Waals surface area (Å²) < 4.78 is 5.25. The highest BCUT2D eigenvalue weighted by Gasteiger charge is 2.28. The first-order valence-corrected chi connectivity index (χ1v) is 10.6. The summed E-state index contributed by atoms with van der Waals surface area (Å²) in [5.74, 6) is 0.661. The molecule has 0 spiro atoms. The molecule has 2 N–H and O–H groups in total. The van der Waals surface area contributed by atoms with E-state index in [1.807, 2.05) is 44.2 Å². The van der Waals surface area contributed by atoms with Gasteiger partial charge in [-0.2, -0.15) is 0 Å². The van der Waals surface area contributed by atoms with E-state index in [0.717, 1.165) is 22.8 Å². The first kappa shape index (κ1) is 22.1. The van der Waals surface area contributed by atoms with Crippen molar-refractivity contribution in [1.82, 2.24) is 10.6 Å². The molecule has 3 atom stereocenters. The molecular weight excluding hydrogens is 378 g/mol. The van der Waals surface area contributed by atoms with Gasteiger partial charge in [0.15, 0.2) is 6.10 Å². The zero-order valence-electron chi connectivity index (χ0n) is 16.6. The van der Waals surface area contributed by atoms with Gasteiger partial charge < -0.3 is 20.2 Å². The van der Waals surface area contributed by atoms with Crippen molar-refractivity contribution in [2.75, 3.05) is 12.3 Å². The molecule has 154 valence electrons. The Morgan fingerprint density at radius 3 is 2.75 bits per heavy atom. The van der Waals surface area contributed by atoms with Crippen LogP contribution in [0.4, 0.5) is 4.79 Å². The quantitative estimate of drug-likeness (QED) is 0.656. The van der Waals surface area contributed by atoms with Crippen molar-refractivity contribution in [2.24, 2.45) is 11.1 Å². The summed E-state index contributed by atoms with van der Waals surface area (Å²) in [4.78, 5) is 30.1. The number of alkyl carbamates (subject to hydrolysis) is 1. The van der Waals surface area contributed by atoms with Crippen LogP contribution in [0, 0.1) is 5.92 Å². The molecule has 28 heavy (non-hydrogen) atoms. The predicted octanol–water partition coefficient (Wildman–Crippen LogP) is 3.30. The minimum absolute atomic E-state index is 0.0313. The van der Waals surface area contributed by atoms with E-state index in [0.29, 0.717) is 13.0 Å². The Kier molecular flexibility index (Phi) is 9.13. The lowest BCUT2D eigenvalue weighted by Gasteiger charge is -2.23. The number of hydrogen-bond donors (Lipinski definition) is 2. The van der Waals surface area contributed by atoms with E-state index in [9.17, 15) is 9.59 Å². The molecule has 1 aromatic rings. The Hall–Kier alpha value is -2.22. The van der Waals surface area contributed by atoms with Gasteiger partial charge in [0, 0.05) is 6.42 Å². The molecule has 0 aliphatic carbocycles. The second-order valence-electron chi connectivity index (χ2n) is 6.66. The molecule has 0 bridgehead atoms. The van der Waals surface area contributed by atoms with Crippen molar-refractivity contribution < 1.29 is 19.2 Å². The zero-order chi connectivity index (χ0) is 20.4. The summed E-state index contributed by atoms with van der Waals surface area (Å²) in [5.41, 5.74) is 0.890. The van der Waals surface area contributed by atoms with Crippen LogP contribution in [0.25, 0.3) is 0 Å². The molecule has 0 aromatic heterocycles. The summed E-state index contributed by atoms with van der Waals surface area (Å²) in [5, 5.41) is 10.5. The maximum Gasteiger partial charge on any atom is 0.408 e. The third-order valence-electron chi connectivity index (χ3n) is 4.50. The third kappa shape index (κ3) is 7.07. The highest BCUT2D eigenvalue weighted by Crippen LogP contribution is 2.18. The molecule has 0 radical (unpaired) electrons. The number of nitrogens with one attached hydrogen (secondary N) is 2. The number of thioether (sulfide) groups is 1. The van der Waals surface area contributed by atoms with Crippen molar-refractivity contribution in [3.8, 4) is 0 Å². The standard InChI is InChI=1S/C20H29N3O4S/c1-4-14(3)18(22-20(25)26-13-15-9-7-6-8-10-15)19(24)21-12-16-11-17(23-27-16)28-5-2/h6-10,14,16,18H,4-5,11-13H2,1-3H3,(H,21,24)(H,22,25)/t14-,16?,18-/m0/s1. The van der Waals surface area contributed by atoms with Crippen molar-refractivity contribution in [1.29, 1.82) is 0 Å². The Bertz CT molecular complexity index is 669. The normalized spacial score (nSPS) is 17.8. The van der Waals surface area contributed by atoms with Crippen LogP contribution < -0.4 is 10.6 Å². The molecular formula is C20H29N3O4S. The largest absolute Gasteiger partial charge is 0.445 e. The maximum atomic E-state index is 12.6. The molecule has 2 amide bonds. The van der Waals surface area contributed by atoms with Crippen LogP contribution in [0.2, 0.25) is 0 Å². The van der Waals surface area contributed by atoms with E-state index in [4.69, 9.17) is 9.57 Å². The minimum Gasteiger partial charge on any atom is -0.445 e. The summed E-state index contributed by atoms with van der Waals surface area (Å²) in [6, 6.07) is 8.74. The number of carbonyl (C=O) groups excluding carboxylic acids is 2. The lowest BCUT2D eigenvalue weighted by molar-refractivity contribution is -0.124. The number of rotatable bonds is 9. The van der Waals surface area contributed by atoms with Crippen molar-refractivity contribution in [3.63, 3.8) is 0 Å². The molecule has 1 heterocycles. The molecule has 1 aliphatic rings. The molecule has 2 rings (SSSR count). The Morgan fingerprint density at radius 2 is 2.07 bits per heavy atom. The number of hydrogen-bond acceptors (Lipinski definition) is 6. The average molecular weight is 408 g/mol. The summed E-state index contributed by atoms with van der Waals surface area (Å²) in [6.07, 6.45) is 0.670. The lowest BCUT2D eigenvalue weighted by Crippen LogP contribution is -2.51. The molecule has 1 aliphatic heterocycles. The van der Waals surface area contributed by atoms with Gasteiger partial charge >= 0.3 is 6.09 Å². The Labute approximate surface area is 170 Å². The van der Waals surface area contributed by atoms with E-state index >= 15 is 0 Å². The molecule has 8 heteroatoms. The van der Waals surface area contributed by atoms with Gasteiger partial charge in [0.25, 0.3) is 0 Å². The number of oxime groups is 1. The molecule has 7 nitrogen and oxygen atoms in total. The minimum atomic E-state index is -0.667. The van der Waals surface area contributed by atoms with E-state index < -0.39 is 12.1 Å². The molecule has 1 unspecified atom stereocenters. The Balaban J connectivity index is 1.81. The first-order valence-electron chi connectivity index (χ1n) is 9.63. The van der Waals surface area contributed by atoms with Crippen LogP contribution in [-0.4, -0.2) is 41.5 Å². The van der Waals surface area contributed by atoms with E-state index in [2.05, 4.69) is 22.7 Å². The lowest BCUT2D eigenvalue weighted by atomic mass is 9.98. The van der Waals surface area contributed by atoms with Crippen LogP contribution in [0.3, 0.4) is 0 Å².